The monoisotopic (exact) mass is 686 g/mol. The Bertz CT molecular complexity index is 1110. The second-order valence-electron chi connectivity index (χ2n) is 14.1. The highest BCUT2D eigenvalue weighted by Gasteiger charge is 2.38. The van der Waals surface area contributed by atoms with Crippen LogP contribution >= 0.6 is 0 Å². The van der Waals surface area contributed by atoms with Crippen LogP contribution in [0.2, 0.25) is 0 Å². The van der Waals surface area contributed by atoms with Crippen molar-refractivity contribution in [3.63, 3.8) is 0 Å². The van der Waals surface area contributed by atoms with Gasteiger partial charge >= 0.3 is 0 Å². The van der Waals surface area contributed by atoms with Crippen LogP contribution in [0.15, 0.2) is 24.3 Å². The molecule has 3 N–H and O–H groups in total. The molecule has 1 fully saturated rings. The van der Waals surface area contributed by atoms with Crippen LogP contribution in [-0.4, -0.2) is 59.9 Å². The van der Waals surface area contributed by atoms with Gasteiger partial charge in [0.1, 0.15) is 0 Å². The first-order valence-corrected chi connectivity index (χ1v) is 19.3. The Balaban J connectivity index is 1.77. The number of nitrogens with zero attached hydrogens (tertiary/aromatic N) is 1. The van der Waals surface area contributed by atoms with Gasteiger partial charge in [0.25, 0.3) is 23.6 Å². The van der Waals surface area contributed by atoms with Crippen LogP contribution in [0.1, 0.15) is 171 Å². The van der Waals surface area contributed by atoms with Gasteiger partial charge in [-0.05, 0) is 50.3 Å². The number of hydrogen-bond acceptors (Lipinski definition) is 6. The van der Waals surface area contributed by atoms with Crippen molar-refractivity contribution in [2.75, 3.05) is 13.1 Å². The van der Waals surface area contributed by atoms with Crippen molar-refractivity contribution in [3.8, 4) is 0 Å². The molecule has 4 amide bonds. The van der Waals surface area contributed by atoms with Gasteiger partial charge in [0.2, 0.25) is 0 Å². The number of carbonyl (C=O) groups is 4. The van der Waals surface area contributed by atoms with Crippen molar-refractivity contribution >= 4 is 23.6 Å². The van der Waals surface area contributed by atoms with E-state index in [4.69, 9.17) is 9.68 Å². The molecular weight excluding hydrogens is 620 g/mol. The molecule has 0 radical (unpaired) electrons. The first-order chi connectivity index (χ1) is 23.7. The highest BCUT2D eigenvalue weighted by molar-refractivity contribution is 5.99. The van der Waals surface area contributed by atoms with Crippen molar-refractivity contribution in [2.45, 2.75) is 168 Å². The first kappa shape index (κ1) is 42.2. The predicted molar refractivity (Wildman–Crippen MR) is 195 cm³/mol. The molecule has 1 saturated heterocycles. The average Bonchev–Trinajstić information content (AvgIpc) is 3.36. The molecule has 278 valence electrons. The van der Waals surface area contributed by atoms with Gasteiger partial charge < -0.3 is 10.2 Å². The van der Waals surface area contributed by atoms with E-state index in [9.17, 15) is 19.2 Å². The molecule has 1 aromatic rings. The summed E-state index contributed by atoms with van der Waals surface area (Å²) >= 11 is 0. The van der Waals surface area contributed by atoms with Gasteiger partial charge in [-0.25, -0.2) is 11.0 Å². The quantitative estimate of drug-likeness (QED) is 0.0640. The number of hydrogen-bond donors (Lipinski definition) is 3. The molecule has 1 aliphatic rings. The zero-order valence-corrected chi connectivity index (χ0v) is 31.2. The van der Waals surface area contributed by atoms with Gasteiger partial charge in [-0.1, -0.05) is 124 Å². The summed E-state index contributed by atoms with van der Waals surface area (Å²) in [5.74, 6) is -1.32. The van der Waals surface area contributed by atoms with Crippen molar-refractivity contribution in [1.82, 2.24) is 21.2 Å². The largest absolute Gasteiger partial charge is 0.354 e. The number of carbonyl (C=O) groups excluding carboxylic acids is 4. The summed E-state index contributed by atoms with van der Waals surface area (Å²) < 4.78 is 0. The Hall–Kier alpha value is -2.98. The standard InChI is InChI=1S/C39H66N4O6/c1-6-8-10-12-14-16-18-20-25-40-38(46)34(27-30(3)4)48-41-36(44)32-23-22-24-33(29-32)37(45)42-49-35-28-31(5)43(39(35)47)26-21-19-17-15-13-11-9-7-2/h22-24,29-31,34-35H,6-21,25-28H2,1-5H3,(H,40,46)(H,41,44)(H,42,45)/t31?,34-,35-/m1/s1. The minimum Gasteiger partial charge on any atom is -0.354 e. The first-order valence-electron chi connectivity index (χ1n) is 19.3. The number of benzene rings is 1. The number of nitrogens with one attached hydrogen (secondary N) is 3. The van der Waals surface area contributed by atoms with E-state index >= 15 is 0 Å². The van der Waals surface area contributed by atoms with Gasteiger partial charge in [0.05, 0.1) is 0 Å². The predicted octanol–water partition coefficient (Wildman–Crippen LogP) is 7.81. The number of amides is 4. The zero-order valence-electron chi connectivity index (χ0n) is 31.2. The third kappa shape index (κ3) is 17.0. The highest BCUT2D eigenvalue weighted by atomic mass is 16.7. The summed E-state index contributed by atoms with van der Waals surface area (Å²) in [6.07, 6.45) is 18.5. The second kappa shape index (κ2) is 25.0. The van der Waals surface area contributed by atoms with Crippen LogP contribution in [-0.2, 0) is 19.3 Å². The highest BCUT2D eigenvalue weighted by Crippen LogP contribution is 2.22. The van der Waals surface area contributed by atoms with E-state index in [1.165, 1.54) is 83.1 Å². The Morgan fingerprint density at radius 2 is 1.33 bits per heavy atom. The summed E-state index contributed by atoms with van der Waals surface area (Å²) in [6, 6.07) is 6.16. The molecule has 2 rings (SSSR count). The van der Waals surface area contributed by atoms with Gasteiger partial charge in [-0.2, -0.15) is 0 Å². The summed E-state index contributed by atoms with van der Waals surface area (Å²) in [5.41, 5.74) is 5.20. The normalized spacial score (nSPS) is 16.6. The number of rotatable bonds is 27. The van der Waals surface area contributed by atoms with Crippen LogP contribution < -0.4 is 16.3 Å². The Kier molecular flexibility index (Phi) is 21.6. The van der Waals surface area contributed by atoms with Crippen molar-refractivity contribution in [2.24, 2.45) is 5.92 Å². The number of unbranched alkanes of at least 4 members (excludes halogenated alkanes) is 14. The Morgan fingerprint density at radius 3 is 1.90 bits per heavy atom. The molecule has 3 atom stereocenters. The van der Waals surface area contributed by atoms with E-state index in [-0.39, 0.29) is 34.9 Å². The molecule has 0 aromatic heterocycles. The van der Waals surface area contributed by atoms with Gasteiger partial charge in [0.15, 0.2) is 12.2 Å². The lowest BCUT2D eigenvalue weighted by molar-refractivity contribution is -0.140. The molecule has 10 nitrogen and oxygen atoms in total. The molecule has 1 aromatic carbocycles. The molecule has 0 spiro atoms. The molecule has 10 heteroatoms. The third-order valence-electron chi connectivity index (χ3n) is 9.18. The minimum atomic E-state index is -0.834. The van der Waals surface area contributed by atoms with Gasteiger partial charge in [-0.3, -0.25) is 28.9 Å². The van der Waals surface area contributed by atoms with Gasteiger partial charge in [0, 0.05) is 36.7 Å². The third-order valence-corrected chi connectivity index (χ3v) is 9.18. The van der Waals surface area contributed by atoms with Crippen LogP contribution in [0.4, 0.5) is 0 Å². The van der Waals surface area contributed by atoms with Crippen molar-refractivity contribution < 1.29 is 28.9 Å². The molecule has 1 heterocycles. The van der Waals surface area contributed by atoms with Crippen LogP contribution in [0.5, 0.6) is 0 Å². The lowest BCUT2D eigenvalue weighted by Gasteiger charge is -2.21. The fourth-order valence-electron chi connectivity index (χ4n) is 6.18. The van der Waals surface area contributed by atoms with Gasteiger partial charge in [-0.15, -0.1) is 0 Å². The maximum absolute atomic E-state index is 13.0. The molecular formula is C39H66N4O6. The summed E-state index contributed by atoms with van der Waals surface area (Å²) in [7, 11) is 0. The number of hydroxylamine groups is 2. The smallest absolute Gasteiger partial charge is 0.274 e. The maximum atomic E-state index is 13.0. The van der Waals surface area contributed by atoms with Crippen LogP contribution in [0, 0.1) is 5.92 Å². The van der Waals surface area contributed by atoms with E-state index in [0.717, 1.165) is 25.7 Å². The van der Waals surface area contributed by atoms with E-state index < -0.39 is 24.0 Å². The summed E-state index contributed by atoms with van der Waals surface area (Å²) in [5, 5.41) is 2.95. The Morgan fingerprint density at radius 1 is 0.796 bits per heavy atom. The van der Waals surface area contributed by atoms with Crippen molar-refractivity contribution in [3.05, 3.63) is 35.4 Å². The summed E-state index contributed by atoms with van der Waals surface area (Å²) in [4.78, 5) is 64.7. The fraction of sp³-hybridized carbons (Fsp3) is 0.744. The van der Waals surface area contributed by atoms with E-state index in [0.29, 0.717) is 25.9 Å². The topological polar surface area (TPSA) is 126 Å². The van der Waals surface area contributed by atoms with E-state index in [1.807, 2.05) is 25.7 Å². The zero-order chi connectivity index (χ0) is 35.9. The van der Waals surface area contributed by atoms with E-state index in [2.05, 4.69) is 30.1 Å². The SMILES string of the molecule is CCCCCCCCCCNC(=O)[C@@H](CC(C)C)ONC(=O)c1cccc(C(=O)NO[C@@H]2CC(C)N(CCCCCCCCCC)C2=O)c1. The summed E-state index contributed by atoms with van der Waals surface area (Å²) in [6.45, 7) is 11.7. The lowest BCUT2D eigenvalue weighted by Crippen LogP contribution is -2.42. The minimum absolute atomic E-state index is 0.0395. The number of likely N-dealkylation sites (tertiary alicyclic amines) is 1. The molecule has 0 saturated carbocycles. The van der Waals surface area contributed by atoms with E-state index in [1.54, 1.807) is 18.2 Å². The van der Waals surface area contributed by atoms with Crippen LogP contribution in [0.3, 0.4) is 0 Å². The fourth-order valence-corrected chi connectivity index (χ4v) is 6.18. The molecule has 0 bridgehead atoms. The van der Waals surface area contributed by atoms with Crippen molar-refractivity contribution in [1.29, 1.82) is 0 Å². The molecule has 0 aliphatic carbocycles. The molecule has 49 heavy (non-hydrogen) atoms. The maximum Gasteiger partial charge on any atom is 0.274 e. The Labute approximate surface area is 296 Å². The molecule has 1 aliphatic heterocycles. The van der Waals surface area contributed by atoms with Crippen LogP contribution in [0.25, 0.3) is 0 Å². The lowest BCUT2D eigenvalue weighted by atomic mass is 10.1. The molecule has 1 unspecified atom stereocenters. The average molecular weight is 687 g/mol. The second-order valence-corrected chi connectivity index (χ2v) is 14.1.